The molecular formula is C16H22ClNO3. The normalized spacial score (nSPS) is 21.7. The summed E-state index contributed by atoms with van der Waals surface area (Å²) in [4.78, 5) is 12.3. The summed E-state index contributed by atoms with van der Waals surface area (Å²) in [6.45, 7) is 0.655. The summed E-state index contributed by atoms with van der Waals surface area (Å²) in [5.41, 5.74) is 0.495. The summed E-state index contributed by atoms with van der Waals surface area (Å²) >= 11 is 6.18. The molecule has 1 aromatic carbocycles. The van der Waals surface area contributed by atoms with Crippen molar-refractivity contribution in [2.75, 3.05) is 20.8 Å². The van der Waals surface area contributed by atoms with Crippen LogP contribution in [0.5, 0.6) is 11.5 Å². The van der Waals surface area contributed by atoms with Crippen LogP contribution in [0.2, 0.25) is 0 Å². The summed E-state index contributed by atoms with van der Waals surface area (Å²) < 4.78 is 10.5. The maximum Gasteiger partial charge on any atom is 0.255 e. The van der Waals surface area contributed by atoms with Gasteiger partial charge in [0.25, 0.3) is 5.91 Å². The molecule has 4 nitrogen and oxygen atoms in total. The van der Waals surface area contributed by atoms with Gasteiger partial charge in [0.1, 0.15) is 0 Å². The monoisotopic (exact) mass is 311 g/mol. The van der Waals surface area contributed by atoms with Crippen molar-refractivity contribution in [1.82, 2.24) is 5.32 Å². The molecule has 2 unspecified atom stereocenters. The van der Waals surface area contributed by atoms with Gasteiger partial charge in [-0.05, 0) is 37.3 Å². The molecule has 0 aromatic heterocycles. The molecule has 0 heterocycles. The predicted molar refractivity (Wildman–Crippen MR) is 83.5 cm³/mol. The van der Waals surface area contributed by atoms with E-state index in [9.17, 15) is 4.79 Å². The number of rotatable bonds is 5. The largest absolute Gasteiger partial charge is 0.493 e. The van der Waals surface area contributed by atoms with Gasteiger partial charge in [-0.25, -0.2) is 0 Å². The smallest absolute Gasteiger partial charge is 0.255 e. The van der Waals surface area contributed by atoms with Crippen LogP contribution in [0.25, 0.3) is 0 Å². The zero-order chi connectivity index (χ0) is 15.2. The molecule has 1 aliphatic carbocycles. The number of benzene rings is 1. The molecule has 1 amide bonds. The molecule has 2 atom stereocenters. The van der Waals surface area contributed by atoms with Gasteiger partial charge >= 0.3 is 0 Å². The van der Waals surface area contributed by atoms with Gasteiger partial charge in [0.05, 0.1) is 19.8 Å². The van der Waals surface area contributed by atoms with Gasteiger partial charge < -0.3 is 14.8 Å². The molecule has 2 rings (SSSR count). The number of carbonyl (C=O) groups is 1. The van der Waals surface area contributed by atoms with E-state index in [2.05, 4.69) is 5.32 Å². The van der Waals surface area contributed by atoms with E-state index in [0.717, 1.165) is 25.7 Å². The van der Waals surface area contributed by atoms with Crippen LogP contribution in [0.15, 0.2) is 18.2 Å². The quantitative estimate of drug-likeness (QED) is 0.849. The maximum atomic E-state index is 12.3. The number of methoxy groups -OCH3 is 2. The van der Waals surface area contributed by atoms with Crippen LogP contribution in [-0.4, -0.2) is 32.0 Å². The summed E-state index contributed by atoms with van der Waals surface area (Å²) in [7, 11) is 3.09. The van der Waals surface area contributed by atoms with Crippen molar-refractivity contribution in [2.24, 2.45) is 5.92 Å². The Kier molecular flexibility index (Phi) is 5.74. The minimum Gasteiger partial charge on any atom is -0.493 e. The number of hydrogen-bond acceptors (Lipinski definition) is 3. The Labute approximate surface area is 130 Å². The minimum absolute atomic E-state index is 0.137. The number of amides is 1. The van der Waals surface area contributed by atoms with Crippen molar-refractivity contribution in [2.45, 2.75) is 31.1 Å². The number of ether oxygens (including phenoxy) is 2. The molecule has 0 spiro atoms. The lowest BCUT2D eigenvalue weighted by Gasteiger charge is -2.25. The van der Waals surface area contributed by atoms with E-state index >= 15 is 0 Å². The van der Waals surface area contributed by atoms with Gasteiger partial charge in [-0.1, -0.05) is 12.5 Å². The number of carbonyl (C=O) groups excluding carboxylic acids is 1. The average molecular weight is 312 g/mol. The molecule has 0 radical (unpaired) electrons. The molecular weight excluding hydrogens is 290 g/mol. The molecule has 1 aromatic rings. The van der Waals surface area contributed by atoms with Crippen molar-refractivity contribution in [3.63, 3.8) is 0 Å². The first-order valence-corrected chi connectivity index (χ1v) is 7.72. The highest BCUT2D eigenvalue weighted by Gasteiger charge is 2.22. The fraction of sp³-hybridized carbons (Fsp3) is 0.562. The van der Waals surface area contributed by atoms with Crippen LogP contribution in [0.3, 0.4) is 0 Å². The lowest BCUT2D eigenvalue weighted by Crippen LogP contribution is -2.32. The standard InChI is InChI=1S/C16H22ClNO3/c1-20-14-8-4-7-13(15(14)21-2)16(19)18-10-11-5-3-6-12(17)9-11/h4,7-8,11-12H,3,5-6,9-10H2,1-2H3,(H,18,19). The second-order valence-corrected chi connectivity index (χ2v) is 6.00. The molecule has 1 fully saturated rings. The van der Waals surface area contributed by atoms with Crippen LogP contribution in [0, 0.1) is 5.92 Å². The number of hydrogen-bond donors (Lipinski definition) is 1. The van der Waals surface area contributed by atoms with E-state index in [4.69, 9.17) is 21.1 Å². The zero-order valence-corrected chi connectivity index (χ0v) is 13.3. The summed E-state index contributed by atoms with van der Waals surface area (Å²) in [6.07, 6.45) is 4.31. The second-order valence-electron chi connectivity index (χ2n) is 5.38. The minimum atomic E-state index is -0.137. The van der Waals surface area contributed by atoms with E-state index in [1.54, 1.807) is 25.3 Å². The van der Waals surface area contributed by atoms with Crippen LogP contribution in [-0.2, 0) is 0 Å². The second kappa shape index (κ2) is 7.55. The van der Waals surface area contributed by atoms with E-state index < -0.39 is 0 Å². The molecule has 0 saturated heterocycles. The van der Waals surface area contributed by atoms with Gasteiger partial charge in [0.2, 0.25) is 0 Å². The van der Waals surface area contributed by atoms with Crippen LogP contribution in [0.4, 0.5) is 0 Å². The van der Waals surface area contributed by atoms with Crippen molar-refractivity contribution in [3.05, 3.63) is 23.8 Å². The van der Waals surface area contributed by atoms with Crippen molar-refractivity contribution in [3.8, 4) is 11.5 Å². The molecule has 0 bridgehead atoms. The molecule has 21 heavy (non-hydrogen) atoms. The van der Waals surface area contributed by atoms with E-state index in [1.807, 2.05) is 0 Å². The number of nitrogens with one attached hydrogen (secondary N) is 1. The molecule has 1 aliphatic rings. The SMILES string of the molecule is COc1cccc(C(=O)NCC2CCCC(Cl)C2)c1OC. The zero-order valence-electron chi connectivity index (χ0n) is 12.5. The van der Waals surface area contributed by atoms with Crippen LogP contribution < -0.4 is 14.8 Å². The third kappa shape index (κ3) is 4.03. The fourth-order valence-electron chi connectivity index (χ4n) is 2.81. The first-order chi connectivity index (χ1) is 10.2. The first kappa shape index (κ1) is 16.0. The predicted octanol–water partition coefficient (Wildman–Crippen LogP) is 3.23. The van der Waals surface area contributed by atoms with E-state index in [-0.39, 0.29) is 11.3 Å². The molecule has 1 saturated carbocycles. The number of alkyl halides is 1. The summed E-state index contributed by atoms with van der Waals surface area (Å²) in [6, 6.07) is 5.29. The fourth-order valence-corrected chi connectivity index (χ4v) is 3.22. The number of para-hydroxylation sites is 1. The van der Waals surface area contributed by atoms with E-state index in [1.165, 1.54) is 7.11 Å². The lowest BCUT2D eigenvalue weighted by molar-refractivity contribution is 0.0940. The molecule has 5 heteroatoms. The van der Waals surface area contributed by atoms with Gasteiger partial charge in [0.15, 0.2) is 11.5 Å². The van der Waals surface area contributed by atoms with Crippen molar-refractivity contribution in [1.29, 1.82) is 0 Å². The van der Waals surface area contributed by atoms with Crippen molar-refractivity contribution >= 4 is 17.5 Å². The Hall–Kier alpha value is -1.42. The van der Waals surface area contributed by atoms with Crippen LogP contribution >= 0.6 is 11.6 Å². The van der Waals surface area contributed by atoms with Gasteiger partial charge in [-0.3, -0.25) is 4.79 Å². The Morgan fingerprint density at radius 2 is 2.14 bits per heavy atom. The highest BCUT2D eigenvalue weighted by Crippen LogP contribution is 2.31. The summed E-state index contributed by atoms with van der Waals surface area (Å²) in [5, 5.41) is 3.22. The maximum absolute atomic E-state index is 12.3. The number of halogens is 1. The lowest BCUT2D eigenvalue weighted by atomic mass is 9.89. The highest BCUT2D eigenvalue weighted by atomic mass is 35.5. The Morgan fingerprint density at radius 3 is 2.81 bits per heavy atom. The van der Waals surface area contributed by atoms with E-state index in [0.29, 0.717) is 29.5 Å². The van der Waals surface area contributed by atoms with Gasteiger partial charge in [0, 0.05) is 11.9 Å². The Morgan fingerprint density at radius 1 is 1.33 bits per heavy atom. The Bertz CT molecular complexity index is 492. The Balaban J connectivity index is 2.00. The van der Waals surface area contributed by atoms with Gasteiger partial charge in [-0.15, -0.1) is 11.6 Å². The van der Waals surface area contributed by atoms with Gasteiger partial charge in [-0.2, -0.15) is 0 Å². The molecule has 1 N–H and O–H groups in total. The third-order valence-electron chi connectivity index (χ3n) is 3.92. The average Bonchev–Trinajstić information content (AvgIpc) is 2.51. The highest BCUT2D eigenvalue weighted by molar-refractivity contribution is 6.20. The third-order valence-corrected chi connectivity index (χ3v) is 4.31. The summed E-state index contributed by atoms with van der Waals surface area (Å²) in [5.74, 6) is 1.35. The molecule has 116 valence electrons. The first-order valence-electron chi connectivity index (χ1n) is 7.29. The van der Waals surface area contributed by atoms with Crippen molar-refractivity contribution < 1.29 is 14.3 Å². The molecule has 0 aliphatic heterocycles. The topological polar surface area (TPSA) is 47.6 Å². The van der Waals surface area contributed by atoms with Crippen LogP contribution in [0.1, 0.15) is 36.0 Å².